The summed E-state index contributed by atoms with van der Waals surface area (Å²) in [4.78, 5) is 11.2. The number of carbonyl (C=O) groups excluding carboxylic acids is 1. The Morgan fingerprint density at radius 1 is 0.682 bits per heavy atom. The highest BCUT2D eigenvalue weighted by atomic mass is 32.2. The van der Waals surface area contributed by atoms with Gasteiger partial charge in [-0.1, -0.05) is 109 Å². The molecule has 132 valence electrons. The van der Waals surface area contributed by atoms with Crippen molar-refractivity contribution in [1.82, 2.24) is 4.72 Å². The molecule has 0 bridgehead atoms. The lowest BCUT2D eigenvalue weighted by Crippen LogP contribution is -2.14. The van der Waals surface area contributed by atoms with E-state index in [-0.39, 0.29) is 5.91 Å². The summed E-state index contributed by atoms with van der Waals surface area (Å²) < 4.78 is 2.77. The Hall–Kier alpha value is -0.180. The number of nitrogens with one attached hydrogen (secondary N) is 1. The SMILES string of the molecule is CCCCCCCCCCCCCCCCCC(=O)NSC. The minimum Gasteiger partial charge on any atom is -0.300 e. The Kier molecular flexibility index (Phi) is 18.7. The lowest BCUT2D eigenvalue weighted by Gasteiger charge is -2.03. The maximum atomic E-state index is 11.2. The number of rotatable bonds is 17. The van der Waals surface area contributed by atoms with E-state index in [1.807, 2.05) is 6.26 Å². The first-order valence-corrected chi connectivity index (χ1v) is 10.9. The van der Waals surface area contributed by atoms with Crippen molar-refractivity contribution in [3.05, 3.63) is 0 Å². The molecule has 0 saturated heterocycles. The van der Waals surface area contributed by atoms with Crippen LogP contribution in [0.2, 0.25) is 0 Å². The summed E-state index contributed by atoms with van der Waals surface area (Å²) in [5, 5.41) is 0. The van der Waals surface area contributed by atoms with E-state index < -0.39 is 0 Å². The average Bonchev–Trinajstić information content (AvgIpc) is 2.51. The first kappa shape index (κ1) is 21.8. The molecule has 0 aromatic rings. The van der Waals surface area contributed by atoms with Crippen LogP contribution < -0.4 is 4.72 Å². The van der Waals surface area contributed by atoms with Crippen molar-refractivity contribution >= 4 is 17.9 Å². The Bertz CT molecular complexity index is 233. The third kappa shape index (κ3) is 17.9. The molecule has 0 heterocycles. The summed E-state index contributed by atoms with van der Waals surface area (Å²) in [5.41, 5.74) is 0. The van der Waals surface area contributed by atoms with E-state index in [1.54, 1.807) is 0 Å². The Labute approximate surface area is 143 Å². The van der Waals surface area contributed by atoms with Gasteiger partial charge in [0.25, 0.3) is 0 Å². The minimum atomic E-state index is 0.183. The number of carbonyl (C=O) groups is 1. The molecule has 0 aliphatic rings. The lowest BCUT2D eigenvalue weighted by atomic mass is 10.0. The molecule has 0 saturated carbocycles. The summed E-state index contributed by atoms with van der Waals surface area (Å²) in [7, 11) is 0. The highest BCUT2D eigenvalue weighted by Crippen LogP contribution is 2.13. The molecule has 1 N–H and O–H groups in total. The minimum absolute atomic E-state index is 0.183. The fraction of sp³-hybridized carbons (Fsp3) is 0.947. The number of unbranched alkanes of at least 4 members (excludes halogenated alkanes) is 14. The maximum absolute atomic E-state index is 11.2. The average molecular weight is 330 g/mol. The highest BCUT2D eigenvalue weighted by Gasteiger charge is 1.99. The predicted molar refractivity (Wildman–Crippen MR) is 101 cm³/mol. The van der Waals surface area contributed by atoms with E-state index in [4.69, 9.17) is 0 Å². The molecule has 22 heavy (non-hydrogen) atoms. The number of amides is 1. The molecule has 0 aliphatic heterocycles. The molecule has 0 radical (unpaired) electrons. The van der Waals surface area contributed by atoms with Gasteiger partial charge in [-0.05, 0) is 6.42 Å². The summed E-state index contributed by atoms with van der Waals surface area (Å²) >= 11 is 1.40. The highest BCUT2D eigenvalue weighted by molar-refractivity contribution is 7.97. The smallest absolute Gasteiger partial charge is 0.229 e. The molecule has 1 amide bonds. The standard InChI is InChI=1S/C19H39NOS/c1-3-4-5-6-7-8-9-10-11-12-13-14-15-16-17-18-19(21)20-22-2/h3-18H2,1-2H3,(H,20,21). The van der Waals surface area contributed by atoms with Gasteiger partial charge >= 0.3 is 0 Å². The van der Waals surface area contributed by atoms with E-state index in [2.05, 4.69) is 11.6 Å². The second kappa shape index (κ2) is 18.9. The van der Waals surface area contributed by atoms with E-state index >= 15 is 0 Å². The monoisotopic (exact) mass is 329 g/mol. The summed E-state index contributed by atoms with van der Waals surface area (Å²) in [6, 6.07) is 0. The van der Waals surface area contributed by atoms with Crippen molar-refractivity contribution in [2.45, 2.75) is 110 Å². The van der Waals surface area contributed by atoms with Crippen LogP contribution in [0.5, 0.6) is 0 Å². The molecule has 0 atom stereocenters. The van der Waals surface area contributed by atoms with Gasteiger partial charge < -0.3 is 4.72 Å². The zero-order valence-electron chi connectivity index (χ0n) is 15.1. The quantitative estimate of drug-likeness (QED) is 0.239. The molecular weight excluding hydrogens is 290 g/mol. The van der Waals surface area contributed by atoms with E-state index in [0.717, 1.165) is 6.42 Å². The van der Waals surface area contributed by atoms with Crippen LogP contribution in [0.3, 0.4) is 0 Å². The Morgan fingerprint density at radius 3 is 1.41 bits per heavy atom. The molecule has 3 heteroatoms. The molecule has 0 unspecified atom stereocenters. The fourth-order valence-corrected chi connectivity index (χ4v) is 3.15. The Balaban J connectivity index is 3.01. The predicted octanol–water partition coefficient (Wildman–Crippen LogP) is 6.64. The zero-order chi connectivity index (χ0) is 16.3. The zero-order valence-corrected chi connectivity index (χ0v) is 15.9. The third-order valence-corrected chi connectivity index (χ3v) is 4.66. The van der Waals surface area contributed by atoms with Crippen LogP contribution in [0.4, 0.5) is 0 Å². The maximum Gasteiger partial charge on any atom is 0.229 e. The normalized spacial score (nSPS) is 10.8. The molecule has 0 rings (SSSR count). The van der Waals surface area contributed by atoms with Gasteiger partial charge in [0.05, 0.1) is 0 Å². The van der Waals surface area contributed by atoms with Gasteiger partial charge in [-0.3, -0.25) is 4.79 Å². The van der Waals surface area contributed by atoms with Crippen LogP contribution in [-0.4, -0.2) is 12.2 Å². The molecule has 0 spiro atoms. The second-order valence-corrected chi connectivity index (χ2v) is 7.04. The summed E-state index contributed by atoms with van der Waals surface area (Å²) in [5.74, 6) is 0.183. The third-order valence-electron chi connectivity index (χ3n) is 4.22. The molecule has 0 aromatic carbocycles. The van der Waals surface area contributed by atoms with Gasteiger partial charge in [0.1, 0.15) is 0 Å². The van der Waals surface area contributed by atoms with Gasteiger partial charge in [0.2, 0.25) is 5.91 Å². The van der Waals surface area contributed by atoms with Crippen LogP contribution in [-0.2, 0) is 4.79 Å². The second-order valence-electron chi connectivity index (χ2n) is 6.43. The molecule has 0 aliphatic carbocycles. The topological polar surface area (TPSA) is 29.1 Å². The number of hydrogen-bond acceptors (Lipinski definition) is 2. The van der Waals surface area contributed by atoms with Gasteiger partial charge in [-0.15, -0.1) is 0 Å². The number of hydrogen-bond donors (Lipinski definition) is 1. The lowest BCUT2D eigenvalue weighted by molar-refractivity contribution is -0.119. The van der Waals surface area contributed by atoms with Crippen LogP contribution >= 0.6 is 11.9 Å². The van der Waals surface area contributed by atoms with Gasteiger partial charge in [-0.25, -0.2) is 0 Å². The van der Waals surface area contributed by atoms with Crippen LogP contribution in [0.1, 0.15) is 110 Å². The summed E-state index contributed by atoms with van der Waals surface area (Å²) in [6.45, 7) is 2.28. The van der Waals surface area contributed by atoms with E-state index in [9.17, 15) is 4.79 Å². The first-order valence-electron chi connectivity index (χ1n) is 9.63. The largest absolute Gasteiger partial charge is 0.300 e. The van der Waals surface area contributed by atoms with Crippen molar-refractivity contribution in [1.29, 1.82) is 0 Å². The molecular formula is C19H39NOS. The van der Waals surface area contributed by atoms with Crippen LogP contribution in [0.25, 0.3) is 0 Å². The van der Waals surface area contributed by atoms with E-state index in [1.165, 1.54) is 102 Å². The molecule has 0 aromatic heterocycles. The van der Waals surface area contributed by atoms with E-state index in [0.29, 0.717) is 6.42 Å². The van der Waals surface area contributed by atoms with Gasteiger partial charge in [0.15, 0.2) is 0 Å². The van der Waals surface area contributed by atoms with Crippen molar-refractivity contribution in [2.75, 3.05) is 6.26 Å². The summed E-state index contributed by atoms with van der Waals surface area (Å²) in [6.07, 6.45) is 23.1. The van der Waals surface area contributed by atoms with Crippen LogP contribution in [0.15, 0.2) is 0 Å². The first-order chi connectivity index (χ1) is 10.8. The van der Waals surface area contributed by atoms with Crippen LogP contribution in [0, 0.1) is 0 Å². The molecule has 0 fully saturated rings. The van der Waals surface area contributed by atoms with Crippen molar-refractivity contribution < 1.29 is 4.79 Å². The van der Waals surface area contributed by atoms with Crippen molar-refractivity contribution in [3.63, 3.8) is 0 Å². The van der Waals surface area contributed by atoms with Crippen molar-refractivity contribution in [2.24, 2.45) is 0 Å². The molecule has 2 nitrogen and oxygen atoms in total. The van der Waals surface area contributed by atoms with Crippen molar-refractivity contribution in [3.8, 4) is 0 Å². The Morgan fingerprint density at radius 2 is 1.05 bits per heavy atom. The fourth-order valence-electron chi connectivity index (χ4n) is 2.82. The van der Waals surface area contributed by atoms with Gasteiger partial charge in [0, 0.05) is 12.7 Å². The van der Waals surface area contributed by atoms with Gasteiger partial charge in [-0.2, -0.15) is 0 Å².